The fraction of sp³-hybridized carbons (Fsp3) is 0.208. The average Bonchev–Trinajstić information content (AvgIpc) is 3.16. The highest BCUT2D eigenvalue weighted by Gasteiger charge is 2.18. The van der Waals surface area contributed by atoms with E-state index in [2.05, 4.69) is 27.5 Å². The maximum absolute atomic E-state index is 13.1. The molecule has 156 valence electrons. The standard InChI is InChI=1S/C24H23N5O2/c1-15-21-22(29(28-15)18-6-4-3-5-7-18)24(30)27-23(26-21)19-9-8-17(14-20(19)31-2)16-10-12-25-13-11-16/h3-10,14,25H,11-13H2,1-2H3,(H,26,27,30). The number of aryl methyl sites for hydroxylation is 1. The Morgan fingerprint density at radius 2 is 1.97 bits per heavy atom. The Morgan fingerprint density at radius 1 is 1.13 bits per heavy atom. The number of nitrogens with one attached hydrogen (secondary N) is 2. The first kappa shape index (κ1) is 19.3. The van der Waals surface area contributed by atoms with Crippen molar-refractivity contribution in [2.45, 2.75) is 13.3 Å². The summed E-state index contributed by atoms with van der Waals surface area (Å²) in [6.07, 6.45) is 3.17. The Morgan fingerprint density at radius 3 is 2.71 bits per heavy atom. The molecule has 0 fully saturated rings. The third-order valence-electron chi connectivity index (χ3n) is 5.59. The summed E-state index contributed by atoms with van der Waals surface area (Å²) in [6, 6.07) is 15.6. The molecule has 2 aromatic heterocycles. The molecule has 3 heterocycles. The SMILES string of the molecule is COc1cc(C2=CCNCC2)ccc1-c1nc2c(C)nn(-c3ccccc3)c2c(=O)[nH]1. The normalized spacial score (nSPS) is 13.9. The Bertz CT molecular complexity index is 1350. The van der Waals surface area contributed by atoms with Crippen LogP contribution in [-0.2, 0) is 0 Å². The molecular formula is C24H23N5O2. The van der Waals surface area contributed by atoms with Gasteiger partial charge in [0.2, 0.25) is 0 Å². The minimum absolute atomic E-state index is 0.239. The first-order chi connectivity index (χ1) is 15.2. The molecule has 2 aromatic carbocycles. The summed E-state index contributed by atoms with van der Waals surface area (Å²) < 4.78 is 7.31. The van der Waals surface area contributed by atoms with Crippen LogP contribution in [0.2, 0.25) is 0 Å². The first-order valence-electron chi connectivity index (χ1n) is 10.3. The molecule has 0 aliphatic carbocycles. The zero-order chi connectivity index (χ0) is 21.4. The van der Waals surface area contributed by atoms with Crippen molar-refractivity contribution in [2.24, 2.45) is 0 Å². The Hall–Kier alpha value is -3.71. The van der Waals surface area contributed by atoms with Crippen molar-refractivity contribution in [1.82, 2.24) is 25.1 Å². The van der Waals surface area contributed by atoms with Gasteiger partial charge in [0.1, 0.15) is 17.1 Å². The van der Waals surface area contributed by atoms with Crippen molar-refractivity contribution in [3.63, 3.8) is 0 Å². The van der Waals surface area contributed by atoms with Crippen LogP contribution < -0.4 is 15.6 Å². The van der Waals surface area contributed by atoms with Crippen LogP contribution in [0.3, 0.4) is 0 Å². The van der Waals surface area contributed by atoms with E-state index in [4.69, 9.17) is 9.72 Å². The highest BCUT2D eigenvalue weighted by molar-refractivity contribution is 5.81. The van der Waals surface area contributed by atoms with Gasteiger partial charge in [0, 0.05) is 6.54 Å². The lowest BCUT2D eigenvalue weighted by Gasteiger charge is -2.16. The van der Waals surface area contributed by atoms with Gasteiger partial charge < -0.3 is 15.0 Å². The van der Waals surface area contributed by atoms with Crippen molar-refractivity contribution in [1.29, 1.82) is 0 Å². The van der Waals surface area contributed by atoms with Gasteiger partial charge in [-0.05, 0) is 55.3 Å². The minimum atomic E-state index is -0.239. The molecule has 7 nitrogen and oxygen atoms in total. The summed E-state index contributed by atoms with van der Waals surface area (Å²) in [7, 11) is 1.63. The molecule has 5 rings (SSSR count). The van der Waals surface area contributed by atoms with Gasteiger partial charge >= 0.3 is 0 Å². The molecule has 1 aliphatic rings. The van der Waals surface area contributed by atoms with Crippen molar-refractivity contribution >= 4 is 16.6 Å². The zero-order valence-electron chi connectivity index (χ0n) is 17.5. The van der Waals surface area contributed by atoms with Crippen LogP contribution in [0, 0.1) is 6.92 Å². The number of aromatic nitrogens is 4. The van der Waals surface area contributed by atoms with Gasteiger partial charge in [-0.1, -0.05) is 30.3 Å². The van der Waals surface area contributed by atoms with E-state index in [0.29, 0.717) is 28.3 Å². The zero-order valence-corrected chi connectivity index (χ0v) is 17.5. The molecule has 7 heteroatoms. The fourth-order valence-corrected chi connectivity index (χ4v) is 4.02. The minimum Gasteiger partial charge on any atom is -0.496 e. The number of aromatic amines is 1. The maximum Gasteiger partial charge on any atom is 0.277 e. The van der Waals surface area contributed by atoms with Gasteiger partial charge in [0.05, 0.1) is 24.1 Å². The van der Waals surface area contributed by atoms with Gasteiger partial charge in [-0.25, -0.2) is 9.67 Å². The quantitative estimate of drug-likeness (QED) is 0.535. The molecule has 1 aliphatic heterocycles. The fourth-order valence-electron chi connectivity index (χ4n) is 4.02. The van der Waals surface area contributed by atoms with E-state index in [1.165, 1.54) is 5.57 Å². The predicted octanol–water partition coefficient (Wildman–Crippen LogP) is 3.47. The van der Waals surface area contributed by atoms with Crippen molar-refractivity contribution in [3.05, 3.63) is 76.2 Å². The van der Waals surface area contributed by atoms with Crippen LogP contribution in [0.5, 0.6) is 5.75 Å². The monoisotopic (exact) mass is 413 g/mol. The van der Waals surface area contributed by atoms with E-state index in [1.54, 1.807) is 11.8 Å². The van der Waals surface area contributed by atoms with E-state index >= 15 is 0 Å². The van der Waals surface area contributed by atoms with Gasteiger partial charge in [-0.3, -0.25) is 4.79 Å². The van der Waals surface area contributed by atoms with Gasteiger partial charge in [0.15, 0.2) is 5.52 Å². The molecule has 31 heavy (non-hydrogen) atoms. The van der Waals surface area contributed by atoms with Gasteiger partial charge in [-0.2, -0.15) is 5.10 Å². The Labute approximate surface area is 179 Å². The van der Waals surface area contributed by atoms with Crippen molar-refractivity contribution in [2.75, 3.05) is 20.2 Å². The van der Waals surface area contributed by atoms with E-state index in [0.717, 1.165) is 36.3 Å². The summed E-state index contributed by atoms with van der Waals surface area (Å²) in [5.74, 6) is 1.14. The average molecular weight is 413 g/mol. The topological polar surface area (TPSA) is 84.8 Å². The number of fused-ring (bicyclic) bond motifs is 1. The summed E-state index contributed by atoms with van der Waals surface area (Å²) in [6.45, 7) is 3.70. The van der Waals surface area contributed by atoms with Gasteiger partial charge in [-0.15, -0.1) is 0 Å². The molecule has 0 radical (unpaired) electrons. The first-order valence-corrected chi connectivity index (χ1v) is 10.3. The molecule has 0 saturated heterocycles. The lowest BCUT2D eigenvalue weighted by molar-refractivity contribution is 0.416. The van der Waals surface area contributed by atoms with Crippen molar-refractivity contribution in [3.8, 4) is 22.8 Å². The summed E-state index contributed by atoms with van der Waals surface area (Å²) in [5.41, 5.74) is 5.44. The molecule has 2 N–H and O–H groups in total. The Balaban J connectivity index is 1.64. The predicted molar refractivity (Wildman–Crippen MR) is 122 cm³/mol. The van der Waals surface area contributed by atoms with Crippen molar-refractivity contribution < 1.29 is 4.74 Å². The molecule has 0 bridgehead atoms. The van der Waals surface area contributed by atoms with Gasteiger partial charge in [0.25, 0.3) is 5.56 Å². The van der Waals surface area contributed by atoms with E-state index < -0.39 is 0 Å². The summed E-state index contributed by atoms with van der Waals surface area (Å²) in [4.78, 5) is 20.8. The number of ether oxygens (including phenoxy) is 1. The molecule has 0 atom stereocenters. The number of nitrogens with zero attached hydrogens (tertiary/aromatic N) is 3. The van der Waals surface area contributed by atoms with Crippen LogP contribution in [-0.4, -0.2) is 39.9 Å². The van der Waals surface area contributed by atoms with E-state index in [1.807, 2.05) is 49.4 Å². The van der Waals surface area contributed by atoms with Crippen LogP contribution in [0.15, 0.2) is 59.4 Å². The lowest BCUT2D eigenvalue weighted by atomic mass is 9.98. The largest absolute Gasteiger partial charge is 0.496 e. The lowest BCUT2D eigenvalue weighted by Crippen LogP contribution is -2.20. The van der Waals surface area contributed by atoms with Crippen LogP contribution in [0.4, 0.5) is 0 Å². The molecule has 0 spiro atoms. The number of para-hydroxylation sites is 1. The number of rotatable bonds is 4. The smallest absolute Gasteiger partial charge is 0.277 e. The second-order valence-corrected chi connectivity index (χ2v) is 7.54. The number of H-pyrrole nitrogens is 1. The highest BCUT2D eigenvalue weighted by atomic mass is 16.5. The molecule has 0 amide bonds. The van der Waals surface area contributed by atoms with Crippen LogP contribution in [0.1, 0.15) is 17.7 Å². The third kappa shape index (κ3) is 3.43. The summed E-state index contributed by atoms with van der Waals surface area (Å²) in [5, 5.41) is 7.89. The summed E-state index contributed by atoms with van der Waals surface area (Å²) >= 11 is 0. The number of hydrogen-bond acceptors (Lipinski definition) is 5. The molecule has 0 saturated carbocycles. The number of methoxy groups -OCH3 is 1. The van der Waals surface area contributed by atoms with E-state index in [-0.39, 0.29) is 5.56 Å². The number of benzene rings is 2. The van der Waals surface area contributed by atoms with E-state index in [9.17, 15) is 4.79 Å². The van der Waals surface area contributed by atoms with Crippen LogP contribution >= 0.6 is 0 Å². The highest BCUT2D eigenvalue weighted by Crippen LogP contribution is 2.32. The maximum atomic E-state index is 13.1. The Kier molecular flexibility index (Phi) is 4.88. The second-order valence-electron chi connectivity index (χ2n) is 7.54. The number of hydrogen-bond donors (Lipinski definition) is 2. The molecule has 0 unspecified atom stereocenters. The van der Waals surface area contributed by atoms with Crippen LogP contribution in [0.25, 0.3) is 33.7 Å². The molecule has 4 aromatic rings. The third-order valence-corrected chi connectivity index (χ3v) is 5.59. The second kappa shape index (κ2) is 7.85. The molecular weight excluding hydrogens is 390 g/mol.